The lowest BCUT2D eigenvalue weighted by Gasteiger charge is -2.37. The van der Waals surface area contributed by atoms with Crippen LogP contribution in [-0.4, -0.2) is 81.3 Å². The molecule has 2 unspecified atom stereocenters. The largest absolute Gasteiger partial charge is 0.489 e. The predicted octanol–water partition coefficient (Wildman–Crippen LogP) is 1.56. The maximum Gasteiger partial charge on any atom is 0.191 e. The van der Waals surface area contributed by atoms with Crippen LogP contribution in [0.1, 0.15) is 19.4 Å². The topological polar surface area (TPSA) is 52.1 Å². The predicted molar refractivity (Wildman–Crippen MR) is 109 cm³/mol. The fourth-order valence-corrected chi connectivity index (χ4v) is 3.04. The van der Waals surface area contributed by atoms with Crippen molar-refractivity contribution in [2.75, 3.05) is 53.4 Å². The quantitative estimate of drug-likeness (QED) is 0.570. The molecule has 0 spiro atoms. The van der Waals surface area contributed by atoms with Gasteiger partial charge in [0.2, 0.25) is 0 Å². The van der Waals surface area contributed by atoms with E-state index in [2.05, 4.69) is 61.4 Å². The van der Waals surface area contributed by atoms with E-state index >= 15 is 0 Å². The number of hydrogen-bond donors (Lipinski definition) is 2. The molecule has 0 saturated carbocycles. The average molecular weight is 362 g/mol. The highest BCUT2D eigenvalue weighted by molar-refractivity contribution is 5.79. The van der Waals surface area contributed by atoms with Gasteiger partial charge in [-0.3, -0.25) is 4.90 Å². The third-order valence-electron chi connectivity index (χ3n) is 4.76. The first-order valence-electron chi connectivity index (χ1n) is 9.62. The van der Waals surface area contributed by atoms with Gasteiger partial charge < -0.3 is 20.3 Å². The van der Waals surface area contributed by atoms with E-state index in [1.54, 1.807) is 0 Å². The number of piperazine rings is 1. The second-order valence-corrected chi connectivity index (χ2v) is 7.19. The van der Waals surface area contributed by atoms with Crippen molar-refractivity contribution in [3.05, 3.63) is 29.8 Å². The summed E-state index contributed by atoms with van der Waals surface area (Å²) >= 11 is 0. The molecule has 1 aliphatic rings. The van der Waals surface area contributed by atoms with Crippen LogP contribution in [0.2, 0.25) is 0 Å². The minimum atomic E-state index is 0.0232. The van der Waals surface area contributed by atoms with Crippen LogP contribution in [-0.2, 0) is 0 Å². The van der Waals surface area contributed by atoms with Crippen molar-refractivity contribution in [1.29, 1.82) is 0 Å². The van der Waals surface area contributed by atoms with Crippen LogP contribution in [0.4, 0.5) is 0 Å². The van der Waals surface area contributed by atoms with Gasteiger partial charge in [0, 0.05) is 38.8 Å². The number of guanidine groups is 1. The number of nitrogens with zero attached hydrogens (tertiary/aromatic N) is 3. The number of benzene rings is 1. The van der Waals surface area contributed by atoms with Crippen LogP contribution in [0.25, 0.3) is 0 Å². The molecule has 26 heavy (non-hydrogen) atoms. The summed E-state index contributed by atoms with van der Waals surface area (Å²) in [5.74, 6) is 1.79. The molecule has 2 N–H and O–H groups in total. The van der Waals surface area contributed by atoms with Gasteiger partial charge in [-0.05, 0) is 46.5 Å². The van der Waals surface area contributed by atoms with Crippen molar-refractivity contribution >= 4 is 5.96 Å². The third-order valence-corrected chi connectivity index (χ3v) is 4.76. The van der Waals surface area contributed by atoms with E-state index in [9.17, 15) is 0 Å². The zero-order chi connectivity index (χ0) is 18.9. The first kappa shape index (κ1) is 20.5. The molecule has 0 aromatic heterocycles. The number of ether oxygens (including phenoxy) is 1. The molecule has 6 nitrogen and oxygen atoms in total. The summed E-state index contributed by atoms with van der Waals surface area (Å²) in [7, 11) is 4.38. The summed E-state index contributed by atoms with van der Waals surface area (Å²) in [5, 5.41) is 6.82. The van der Waals surface area contributed by atoms with E-state index in [1.807, 2.05) is 18.2 Å². The fourth-order valence-electron chi connectivity index (χ4n) is 3.04. The van der Waals surface area contributed by atoms with Gasteiger partial charge in [-0.25, -0.2) is 4.99 Å². The SMILES string of the molecule is CCNC(=NCC(C)Oc1ccccc1C)NCC1CN(C)CCN1C. The Balaban J connectivity index is 1.86. The number of para-hydroxylation sites is 1. The van der Waals surface area contributed by atoms with Crippen LogP contribution < -0.4 is 15.4 Å². The van der Waals surface area contributed by atoms with Crippen molar-refractivity contribution in [2.45, 2.75) is 32.9 Å². The zero-order valence-electron chi connectivity index (χ0n) is 17.0. The van der Waals surface area contributed by atoms with E-state index < -0.39 is 0 Å². The molecule has 1 heterocycles. The Morgan fingerprint density at radius 1 is 1.27 bits per heavy atom. The van der Waals surface area contributed by atoms with E-state index in [0.717, 1.165) is 50.0 Å². The summed E-state index contributed by atoms with van der Waals surface area (Å²) in [6.07, 6.45) is 0.0232. The van der Waals surface area contributed by atoms with Gasteiger partial charge in [-0.15, -0.1) is 0 Å². The van der Waals surface area contributed by atoms with Crippen molar-refractivity contribution in [2.24, 2.45) is 4.99 Å². The van der Waals surface area contributed by atoms with Crippen LogP contribution in [0.15, 0.2) is 29.3 Å². The average Bonchev–Trinajstić information content (AvgIpc) is 2.62. The van der Waals surface area contributed by atoms with E-state index in [-0.39, 0.29) is 6.10 Å². The Labute approximate surface area is 158 Å². The Morgan fingerprint density at radius 3 is 2.77 bits per heavy atom. The maximum atomic E-state index is 6.02. The van der Waals surface area contributed by atoms with Crippen molar-refractivity contribution in [3.63, 3.8) is 0 Å². The van der Waals surface area contributed by atoms with Crippen LogP contribution >= 0.6 is 0 Å². The van der Waals surface area contributed by atoms with Gasteiger partial charge in [0.05, 0.1) is 6.54 Å². The number of likely N-dealkylation sites (N-methyl/N-ethyl adjacent to an activating group) is 2. The van der Waals surface area contributed by atoms with Crippen LogP contribution in [0.5, 0.6) is 5.75 Å². The van der Waals surface area contributed by atoms with Gasteiger partial charge in [-0.2, -0.15) is 0 Å². The van der Waals surface area contributed by atoms with E-state index in [4.69, 9.17) is 9.73 Å². The highest BCUT2D eigenvalue weighted by atomic mass is 16.5. The number of nitrogens with one attached hydrogen (secondary N) is 2. The lowest BCUT2D eigenvalue weighted by molar-refractivity contribution is 0.116. The smallest absolute Gasteiger partial charge is 0.191 e. The fraction of sp³-hybridized carbons (Fsp3) is 0.650. The molecule has 1 aliphatic heterocycles. The summed E-state index contributed by atoms with van der Waals surface area (Å²) in [6, 6.07) is 8.60. The van der Waals surface area contributed by atoms with Crippen molar-refractivity contribution in [1.82, 2.24) is 20.4 Å². The highest BCUT2D eigenvalue weighted by Crippen LogP contribution is 2.17. The molecule has 1 saturated heterocycles. The molecule has 0 radical (unpaired) electrons. The Kier molecular flexibility index (Phi) is 8.19. The zero-order valence-corrected chi connectivity index (χ0v) is 17.0. The second kappa shape index (κ2) is 10.4. The summed E-state index contributed by atoms with van der Waals surface area (Å²) < 4.78 is 6.02. The second-order valence-electron chi connectivity index (χ2n) is 7.19. The molecule has 2 rings (SSSR count). The van der Waals surface area contributed by atoms with Gasteiger partial charge in [0.25, 0.3) is 0 Å². The number of aliphatic imine (C=N–C) groups is 1. The summed E-state index contributed by atoms with van der Waals surface area (Å²) in [5.41, 5.74) is 1.15. The molecule has 0 amide bonds. The molecule has 6 heteroatoms. The number of aryl methyl sites for hydroxylation is 1. The van der Waals surface area contributed by atoms with Gasteiger partial charge in [0.1, 0.15) is 11.9 Å². The molecular formula is C20H35N5O. The van der Waals surface area contributed by atoms with Gasteiger partial charge in [-0.1, -0.05) is 18.2 Å². The Hall–Kier alpha value is -1.79. The minimum absolute atomic E-state index is 0.0232. The molecule has 1 fully saturated rings. The molecule has 1 aromatic rings. The molecule has 146 valence electrons. The molecule has 2 atom stereocenters. The summed E-state index contributed by atoms with van der Waals surface area (Å²) in [6.45, 7) is 11.9. The molecular weight excluding hydrogens is 326 g/mol. The lowest BCUT2D eigenvalue weighted by atomic mass is 10.2. The van der Waals surface area contributed by atoms with E-state index in [1.165, 1.54) is 0 Å². The Bertz CT molecular complexity index is 577. The number of hydrogen-bond acceptors (Lipinski definition) is 4. The Morgan fingerprint density at radius 2 is 2.04 bits per heavy atom. The van der Waals surface area contributed by atoms with Crippen LogP contribution in [0, 0.1) is 6.92 Å². The lowest BCUT2D eigenvalue weighted by Crippen LogP contribution is -2.55. The molecule has 0 bridgehead atoms. The first-order chi connectivity index (χ1) is 12.5. The molecule has 1 aromatic carbocycles. The normalized spacial score (nSPS) is 20.7. The maximum absolute atomic E-state index is 6.02. The summed E-state index contributed by atoms with van der Waals surface area (Å²) in [4.78, 5) is 9.51. The molecule has 0 aliphatic carbocycles. The highest BCUT2D eigenvalue weighted by Gasteiger charge is 2.22. The monoisotopic (exact) mass is 361 g/mol. The van der Waals surface area contributed by atoms with Gasteiger partial charge in [0.15, 0.2) is 5.96 Å². The van der Waals surface area contributed by atoms with Crippen molar-refractivity contribution < 1.29 is 4.74 Å². The number of rotatable bonds is 7. The third kappa shape index (κ3) is 6.50. The van der Waals surface area contributed by atoms with E-state index in [0.29, 0.717) is 12.6 Å². The minimum Gasteiger partial charge on any atom is -0.489 e. The van der Waals surface area contributed by atoms with Gasteiger partial charge >= 0.3 is 0 Å². The van der Waals surface area contributed by atoms with Crippen molar-refractivity contribution in [3.8, 4) is 5.75 Å². The van der Waals surface area contributed by atoms with Crippen LogP contribution in [0.3, 0.4) is 0 Å². The first-order valence-corrected chi connectivity index (χ1v) is 9.62. The standard InChI is InChI=1S/C20H35N5O/c1-6-21-20(23-14-18-15-24(4)11-12-25(18)5)22-13-17(3)26-19-10-8-7-9-16(19)2/h7-10,17-18H,6,11-15H2,1-5H3,(H2,21,22,23).